The van der Waals surface area contributed by atoms with Crippen LogP contribution in [0.25, 0.3) is 0 Å². The first-order valence-electron chi connectivity index (χ1n) is 7.88. The summed E-state index contributed by atoms with van der Waals surface area (Å²) in [5, 5.41) is 14.1. The van der Waals surface area contributed by atoms with E-state index in [4.69, 9.17) is 26.1 Å². The Hall–Kier alpha value is -1.90. The van der Waals surface area contributed by atoms with Crippen LogP contribution in [0.1, 0.15) is 18.7 Å². The molecule has 0 bridgehead atoms. The first-order chi connectivity index (χ1) is 11.6. The SMILES string of the molecule is COc1ccc(OCc2nn(CN3CCC[C@H](O)C3)c(=S)o2)cc1. The van der Waals surface area contributed by atoms with Crippen molar-refractivity contribution in [3.63, 3.8) is 0 Å². The predicted molar refractivity (Wildman–Crippen MR) is 89.5 cm³/mol. The van der Waals surface area contributed by atoms with Crippen LogP contribution in [0.2, 0.25) is 0 Å². The molecule has 1 N–H and O–H groups in total. The Morgan fingerprint density at radius 1 is 1.33 bits per heavy atom. The molecule has 1 atom stereocenters. The number of β-amino-alcohol motifs (C(OH)–C–C–N with tert-alkyl or cyclic N) is 1. The van der Waals surface area contributed by atoms with Crippen molar-refractivity contribution in [1.82, 2.24) is 14.7 Å². The normalized spacial score (nSPS) is 18.5. The van der Waals surface area contributed by atoms with Gasteiger partial charge >= 0.3 is 0 Å². The Labute approximate surface area is 145 Å². The number of aromatic nitrogens is 2. The molecule has 1 saturated heterocycles. The number of ether oxygens (including phenoxy) is 2. The smallest absolute Gasteiger partial charge is 0.288 e. The maximum Gasteiger partial charge on any atom is 0.288 e. The number of hydrogen-bond donors (Lipinski definition) is 1. The molecule has 2 aromatic rings. The highest BCUT2D eigenvalue weighted by Gasteiger charge is 2.19. The first kappa shape index (κ1) is 16.9. The quantitative estimate of drug-likeness (QED) is 0.800. The molecule has 0 saturated carbocycles. The predicted octanol–water partition coefficient (Wildman–Crippen LogP) is 2.21. The van der Waals surface area contributed by atoms with Gasteiger partial charge in [-0.05, 0) is 49.3 Å². The lowest BCUT2D eigenvalue weighted by molar-refractivity contribution is 0.0508. The lowest BCUT2D eigenvalue weighted by Crippen LogP contribution is -2.39. The Bertz CT molecular complexity index is 713. The summed E-state index contributed by atoms with van der Waals surface area (Å²) in [6, 6.07) is 7.29. The van der Waals surface area contributed by atoms with E-state index in [0.717, 1.165) is 25.1 Å². The van der Waals surface area contributed by atoms with Crippen molar-refractivity contribution < 1.29 is 19.0 Å². The van der Waals surface area contributed by atoms with Gasteiger partial charge in [0.1, 0.15) is 11.5 Å². The molecule has 2 heterocycles. The average molecular weight is 351 g/mol. The Balaban J connectivity index is 1.58. The zero-order chi connectivity index (χ0) is 16.9. The second-order valence-electron chi connectivity index (χ2n) is 5.74. The summed E-state index contributed by atoms with van der Waals surface area (Å²) in [5.41, 5.74) is 0. The fraction of sp³-hybridized carbons (Fsp3) is 0.500. The standard InChI is InChI=1S/C16H21N3O4S/c1-21-13-4-6-14(7-5-13)22-10-15-17-19(16(24)23-15)11-18-8-2-3-12(20)9-18/h4-7,12,20H,2-3,8-11H2,1H3/t12-/m0/s1. The third-order valence-electron chi connectivity index (χ3n) is 3.88. The maximum atomic E-state index is 9.73. The van der Waals surface area contributed by atoms with Gasteiger partial charge in [-0.3, -0.25) is 4.90 Å². The molecule has 1 fully saturated rings. The zero-order valence-electron chi connectivity index (χ0n) is 13.6. The van der Waals surface area contributed by atoms with Crippen LogP contribution in [0.15, 0.2) is 28.7 Å². The van der Waals surface area contributed by atoms with Gasteiger partial charge in [-0.15, -0.1) is 5.10 Å². The average Bonchev–Trinajstić information content (AvgIpc) is 2.93. The molecule has 3 rings (SSSR count). The minimum absolute atomic E-state index is 0.200. The Kier molecular flexibility index (Phi) is 5.49. The maximum absolute atomic E-state index is 9.73. The molecule has 1 aliphatic heterocycles. The Morgan fingerprint density at radius 3 is 2.79 bits per heavy atom. The van der Waals surface area contributed by atoms with E-state index >= 15 is 0 Å². The van der Waals surface area contributed by atoms with Crippen molar-refractivity contribution in [2.24, 2.45) is 0 Å². The van der Waals surface area contributed by atoms with Crippen LogP contribution in [0, 0.1) is 4.84 Å². The molecule has 8 heteroatoms. The number of nitrogens with zero attached hydrogens (tertiary/aromatic N) is 3. The summed E-state index contributed by atoms with van der Waals surface area (Å²) >= 11 is 5.21. The molecule has 1 aromatic carbocycles. The van der Waals surface area contributed by atoms with E-state index in [2.05, 4.69) is 10.00 Å². The monoisotopic (exact) mass is 351 g/mol. The molecule has 130 valence electrons. The third kappa shape index (κ3) is 4.34. The van der Waals surface area contributed by atoms with E-state index in [0.29, 0.717) is 29.7 Å². The second kappa shape index (κ2) is 7.78. The van der Waals surface area contributed by atoms with Crippen molar-refractivity contribution in [2.45, 2.75) is 32.2 Å². The first-order valence-corrected chi connectivity index (χ1v) is 8.29. The molecular formula is C16H21N3O4S. The number of hydrogen-bond acceptors (Lipinski definition) is 7. The van der Waals surface area contributed by atoms with Crippen LogP contribution in [-0.4, -0.2) is 46.1 Å². The van der Waals surface area contributed by atoms with Crippen molar-refractivity contribution in [3.8, 4) is 11.5 Å². The van der Waals surface area contributed by atoms with Gasteiger partial charge in [0.05, 0.1) is 19.9 Å². The minimum Gasteiger partial charge on any atom is -0.497 e. The van der Waals surface area contributed by atoms with E-state index in [1.807, 2.05) is 24.3 Å². The van der Waals surface area contributed by atoms with Gasteiger partial charge in [0, 0.05) is 13.1 Å². The lowest BCUT2D eigenvalue weighted by Gasteiger charge is -2.29. The van der Waals surface area contributed by atoms with Gasteiger partial charge in [-0.2, -0.15) is 0 Å². The van der Waals surface area contributed by atoms with E-state index < -0.39 is 0 Å². The number of piperidine rings is 1. The van der Waals surface area contributed by atoms with Crippen molar-refractivity contribution >= 4 is 12.2 Å². The van der Waals surface area contributed by atoms with Crippen LogP contribution < -0.4 is 9.47 Å². The summed E-state index contributed by atoms with van der Waals surface area (Å²) < 4.78 is 17.8. The zero-order valence-corrected chi connectivity index (χ0v) is 14.4. The van der Waals surface area contributed by atoms with E-state index in [-0.39, 0.29) is 12.7 Å². The van der Waals surface area contributed by atoms with Crippen LogP contribution in [0.3, 0.4) is 0 Å². The van der Waals surface area contributed by atoms with E-state index in [1.54, 1.807) is 11.8 Å². The number of likely N-dealkylation sites (tertiary alicyclic amines) is 1. The number of benzene rings is 1. The topological polar surface area (TPSA) is 72.9 Å². The molecule has 0 spiro atoms. The van der Waals surface area contributed by atoms with E-state index in [1.165, 1.54) is 0 Å². The van der Waals surface area contributed by atoms with Crippen molar-refractivity contribution in [1.29, 1.82) is 0 Å². The number of rotatable bonds is 6. The number of aliphatic hydroxyl groups is 1. The van der Waals surface area contributed by atoms with Gasteiger partial charge in [-0.25, -0.2) is 4.68 Å². The molecule has 1 aromatic heterocycles. The van der Waals surface area contributed by atoms with Gasteiger partial charge in [0.25, 0.3) is 10.7 Å². The van der Waals surface area contributed by atoms with Crippen molar-refractivity contribution in [2.75, 3.05) is 20.2 Å². The summed E-state index contributed by atoms with van der Waals surface area (Å²) in [6.45, 7) is 2.27. The molecule has 0 unspecified atom stereocenters. The molecule has 1 aliphatic rings. The summed E-state index contributed by atoms with van der Waals surface area (Å²) in [5.74, 6) is 1.90. The molecule has 24 heavy (non-hydrogen) atoms. The summed E-state index contributed by atoms with van der Waals surface area (Å²) in [6.07, 6.45) is 1.54. The summed E-state index contributed by atoms with van der Waals surface area (Å²) in [7, 11) is 1.62. The van der Waals surface area contributed by atoms with Crippen LogP contribution >= 0.6 is 12.2 Å². The Morgan fingerprint density at radius 2 is 2.08 bits per heavy atom. The second-order valence-corrected chi connectivity index (χ2v) is 6.09. The van der Waals surface area contributed by atoms with E-state index in [9.17, 15) is 5.11 Å². The van der Waals surface area contributed by atoms with Gasteiger partial charge in [0.2, 0.25) is 0 Å². The molecule has 0 aliphatic carbocycles. The molecule has 0 radical (unpaired) electrons. The minimum atomic E-state index is -0.280. The number of aliphatic hydroxyl groups excluding tert-OH is 1. The lowest BCUT2D eigenvalue weighted by atomic mass is 10.1. The van der Waals surface area contributed by atoms with Gasteiger partial charge in [0.15, 0.2) is 6.61 Å². The summed E-state index contributed by atoms with van der Waals surface area (Å²) in [4.78, 5) is 2.42. The molecular weight excluding hydrogens is 330 g/mol. The fourth-order valence-electron chi connectivity index (χ4n) is 2.66. The third-order valence-corrected chi connectivity index (χ3v) is 4.18. The fourth-order valence-corrected chi connectivity index (χ4v) is 2.86. The largest absolute Gasteiger partial charge is 0.497 e. The highest BCUT2D eigenvalue weighted by atomic mass is 32.1. The number of methoxy groups -OCH3 is 1. The van der Waals surface area contributed by atoms with Crippen LogP contribution in [0.4, 0.5) is 0 Å². The van der Waals surface area contributed by atoms with Crippen LogP contribution in [-0.2, 0) is 13.3 Å². The molecule has 0 amide bonds. The van der Waals surface area contributed by atoms with Crippen LogP contribution in [0.5, 0.6) is 11.5 Å². The van der Waals surface area contributed by atoms with Gasteiger partial charge in [-0.1, -0.05) is 0 Å². The van der Waals surface area contributed by atoms with Gasteiger partial charge < -0.3 is 19.0 Å². The molecule has 7 nitrogen and oxygen atoms in total. The highest BCUT2D eigenvalue weighted by Crippen LogP contribution is 2.18. The van der Waals surface area contributed by atoms with Crippen molar-refractivity contribution in [3.05, 3.63) is 35.0 Å². The highest BCUT2D eigenvalue weighted by molar-refractivity contribution is 7.71.